The Labute approximate surface area is 171 Å². The van der Waals surface area contributed by atoms with E-state index < -0.39 is 0 Å². The largest absolute Gasteiger partial charge is 0.322 e. The van der Waals surface area contributed by atoms with Crippen LogP contribution in [0.5, 0.6) is 0 Å². The first-order chi connectivity index (χ1) is 14.3. The summed E-state index contributed by atoms with van der Waals surface area (Å²) in [5.41, 5.74) is 3.77. The number of rotatable bonds is 7. The number of likely N-dealkylation sites (tertiary alicyclic amines) is 1. The summed E-state index contributed by atoms with van der Waals surface area (Å²) in [5, 5.41) is 7.10. The van der Waals surface area contributed by atoms with Gasteiger partial charge in [-0.1, -0.05) is 30.7 Å². The third-order valence-electron chi connectivity index (χ3n) is 5.38. The Balaban J connectivity index is 1.32. The molecule has 0 unspecified atom stereocenters. The van der Waals surface area contributed by atoms with Crippen LogP contribution in [0.25, 0.3) is 0 Å². The second-order valence-electron chi connectivity index (χ2n) is 7.60. The van der Waals surface area contributed by atoms with Crippen LogP contribution in [0.2, 0.25) is 0 Å². The second-order valence-corrected chi connectivity index (χ2v) is 7.60. The maximum absolute atomic E-state index is 12.6. The number of hydrogen-bond acceptors (Lipinski definition) is 4. The summed E-state index contributed by atoms with van der Waals surface area (Å²) in [6.45, 7) is 4.16. The summed E-state index contributed by atoms with van der Waals surface area (Å²) in [4.78, 5) is 19.1. The summed E-state index contributed by atoms with van der Waals surface area (Å²) < 4.78 is 1.74. The minimum Gasteiger partial charge on any atom is -0.322 e. The topological polar surface area (TPSA) is 63.1 Å². The number of nitrogens with zero attached hydrogens (tertiary/aromatic N) is 4. The van der Waals surface area contributed by atoms with Crippen molar-refractivity contribution in [1.29, 1.82) is 0 Å². The van der Waals surface area contributed by atoms with Crippen molar-refractivity contribution in [2.45, 2.75) is 32.2 Å². The zero-order valence-corrected chi connectivity index (χ0v) is 16.6. The lowest BCUT2D eigenvalue weighted by molar-refractivity contribution is 0.102. The van der Waals surface area contributed by atoms with Gasteiger partial charge < -0.3 is 10.2 Å². The van der Waals surface area contributed by atoms with E-state index in [9.17, 15) is 4.79 Å². The lowest BCUT2D eigenvalue weighted by atomic mass is 10.1. The third-order valence-corrected chi connectivity index (χ3v) is 5.38. The Hall–Kier alpha value is -2.99. The number of benzene rings is 2. The molecule has 1 fully saturated rings. The number of amides is 1. The highest BCUT2D eigenvalue weighted by Crippen LogP contribution is 2.15. The number of piperidine rings is 1. The number of anilines is 1. The van der Waals surface area contributed by atoms with Crippen molar-refractivity contribution in [3.63, 3.8) is 0 Å². The molecule has 29 heavy (non-hydrogen) atoms. The smallest absolute Gasteiger partial charge is 0.255 e. The van der Waals surface area contributed by atoms with E-state index in [2.05, 4.69) is 32.4 Å². The molecule has 1 aliphatic heterocycles. The Morgan fingerprint density at radius 3 is 2.59 bits per heavy atom. The molecule has 0 atom stereocenters. The minimum atomic E-state index is -0.105. The Morgan fingerprint density at radius 1 is 1.00 bits per heavy atom. The van der Waals surface area contributed by atoms with Gasteiger partial charge in [0.05, 0.1) is 6.54 Å². The molecule has 1 aliphatic rings. The van der Waals surface area contributed by atoms with Crippen LogP contribution >= 0.6 is 0 Å². The number of carbonyl (C=O) groups excluding carboxylic acids is 1. The Kier molecular flexibility index (Phi) is 6.32. The summed E-state index contributed by atoms with van der Waals surface area (Å²) >= 11 is 0. The van der Waals surface area contributed by atoms with Crippen molar-refractivity contribution in [3.8, 4) is 0 Å². The first kappa shape index (κ1) is 19.3. The van der Waals surface area contributed by atoms with Gasteiger partial charge in [0.15, 0.2) is 0 Å². The highest BCUT2D eigenvalue weighted by atomic mass is 16.1. The summed E-state index contributed by atoms with van der Waals surface area (Å²) in [7, 11) is 0. The van der Waals surface area contributed by atoms with Gasteiger partial charge in [-0.25, -0.2) is 9.67 Å². The van der Waals surface area contributed by atoms with Crippen molar-refractivity contribution in [2.75, 3.05) is 25.0 Å². The molecular weight excluding hydrogens is 362 g/mol. The molecule has 0 aliphatic carbocycles. The molecule has 0 saturated carbocycles. The van der Waals surface area contributed by atoms with E-state index in [0.717, 1.165) is 24.2 Å². The van der Waals surface area contributed by atoms with Crippen molar-refractivity contribution in [1.82, 2.24) is 19.7 Å². The molecule has 6 nitrogen and oxygen atoms in total. The highest BCUT2D eigenvalue weighted by molar-refractivity contribution is 6.04. The highest BCUT2D eigenvalue weighted by Gasteiger charge is 2.10. The van der Waals surface area contributed by atoms with Crippen LogP contribution in [0.15, 0.2) is 61.2 Å². The van der Waals surface area contributed by atoms with Gasteiger partial charge in [0.25, 0.3) is 5.91 Å². The van der Waals surface area contributed by atoms with Crippen molar-refractivity contribution < 1.29 is 4.79 Å². The minimum absolute atomic E-state index is 0.105. The molecule has 1 amide bonds. The predicted molar refractivity (Wildman–Crippen MR) is 114 cm³/mol. The summed E-state index contributed by atoms with van der Waals surface area (Å²) in [5.74, 6) is -0.105. The molecule has 4 rings (SSSR count). The van der Waals surface area contributed by atoms with Crippen molar-refractivity contribution in [3.05, 3.63) is 77.9 Å². The molecule has 6 heteroatoms. The van der Waals surface area contributed by atoms with Gasteiger partial charge in [-0.3, -0.25) is 4.79 Å². The van der Waals surface area contributed by atoms with Gasteiger partial charge in [-0.05, 0) is 67.7 Å². The van der Waals surface area contributed by atoms with Crippen molar-refractivity contribution >= 4 is 11.6 Å². The molecule has 150 valence electrons. The van der Waals surface area contributed by atoms with Gasteiger partial charge in [0.2, 0.25) is 0 Å². The zero-order valence-electron chi connectivity index (χ0n) is 16.6. The number of carbonyl (C=O) groups is 1. The van der Waals surface area contributed by atoms with Gasteiger partial charge in [0.1, 0.15) is 12.7 Å². The van der Waals surface area contributed by atoms with E-state index in [1.165, 1.54) is 44.2 Å². The Morgan fingerprint density at radius 2 is 1.83 bits per heavy atom. The van der Waals surface area contributed by atoms with Crippen LogP contribution in [0.1, 0.15) is 40.7 Å². The third kappa shape index (κ3) is 5.51. The van der Waals surface area contributed by atoms with Crippen LogP contribution in [0, 0.1) is 0 Å². The lowest BCUT2D eigenvalue weighted by Gasteiger charge is -2.26. The first-order valence-corrected chi connectivity index (χ1v) is 10.3. The van der Waals surface area contributed by atoms with Crippen LogP contribution < -0.4 is 5.32 Å². The van der Waals surface area contributed by atoms with Gasteiger partial charge in [-0.15, -0.1) is 0 Å². The van der Waals surface area contributed by atoms with Gasteiger partial charge >= 0.3 is 0 Å². The quantitative estimate of drug-likeness (QED) is 0.671. The van der Waals surface area contributed by atoms with E-state index in [1.54, 1.807) is 11.0 Å². The summed E-state index contributed by atoms with van der Waals surface area (Å²) in [6, 6.07) is 15.8. The van der Waals surface area contributed by atoms with E-state index in [4.69, 9.17) is 0 Å². The van der Waals surface area contributed by atoms with Crippen molar-refractivity contribution in [2.24, 2.45) is 0 Å². The molecule has 0 bridgehead atoms. The average Bonchev–Trinajstić information content (AvgIpc) is 3.27. The van der Waals surface area contributed by atoms with E-state index in [-0.39, 0.29) is 5.91 Å². The first-order valence-electron chi connectivity index (χ1n) is 10.3. The Bertz CT molecular complexity index is 915. The van der Waals surface area contributed by atoms with E-state index >= 15 is 0 Å². The molecule has 0 radical (unpaired) electrons. The van der Waals surface area contributed by atoms with Gasteiger partial charge in [0, 0.05) is 17.8 Å². The fraction of sp³-hybridized carbons (Fsp3) is 0.348. The molecule has 2 heterocycles. The molecule has 2 aromatic carbocycles. The van der Waals surface area contributed by atoms with Gasteiger partial charge in [-0.2, -0.15) is 5.10 Å². The normalized spacial score (nSPS) is 14.6. The molecule has 0 spiro atoms. The second kappa shape index (κ2) is 9.47. The lowest BCUT2D eigenvalue weighted by Crippen LogP contribution is -2.31. The standard InChI is InChI=1S/C23H27N5O/c29-23(21-6-4-5-20(15-21)16-28-18-24-17-25-28)26-22-9-7-19(8-10-22)11-14-27-12-2-1-3-13-27/h4-10,15,17-18H,1-3,11-14,16H2,(H,26,29). The molecule has 1 N–H and O–H groups in total. The number of nitrogens with one attached hydrogen (secondary N) is 1. The average molecular weight is 390 g/mol. The molecule has 1 aromatic heterocycles. The number of hydrogen-bond donors (Lipinski definition) is 1. The van der Waals surface area contributed by atoms with Crippen LogP contribution in [0.4, 0.5) is 5.69 Å². The van der Waals surface area contributed by atoms with E-state index in [1.807, 2.05) is 36.4 Å². The molecule has 1 saturated heterocycles. The predicted octanol–water partition coefficient (Wildman–Crippen LogP) is 3.61. The van der Waals surface area contributed by atoms with E-state index in [0.29, 0.717) is 12.1 Å². The number of aromatic nitrogens is 3. The molecule has 3 aromatic rings. The fourth-order valence-electron chi connectivity index (χ4n) is 3.74. The maximum Gasteiger partial charge on any atom is 0.255 e. The summed E-state index contributed by atoms with van der Waals surface area (Å²) in [6.07, 6.45) is 8.25. The van der Waals surface area contributed by atoms with Crippen LogP contribution in [-0.2, 0) is 13.0 Å². The SMILES string of the molecule is O=C(Nc1ccc(CCN2CCCCC2)cc1)c1cccc(Cn2cncn2)c1. The zero-order chi connectivity index (χ0) is 19.9. The molecular formula is C23H27N5O. The van der Waals surface area contributed by atoms with Crippen LogP contribution in [0.3, 0.4) is 0 Å². The monoisotopic (exact) mass is 389 g/mol. The maximum atomic E-state index is 12.6. The fourth-order valence-corrected chi connectivity index (χ4v) is 3.74. The van der Waals surface area contributed by atoms with Crippen LogP contribution in [-0.4, -0.2) is 45.2 Å².